The molecule has 0 aliphatic carbocycles. The van der Waals surface area contributed by atoms with Gasteiger partial charge in [0.1, 0.15) is 30.3 Å². The highest BCUT2D eigenvalue weighted by Crippen LogP contribution is 2.31. The van der Waals surface area contributed by atoms with Crippen molar-refractivity contribution in [3.63, 3.8) is 0 Å². The zero-order chi connectivity index (χ0) is 19.9. The number of fused-ring (bicyclic) bond motifs is 3. The number of ether oxygens (including phenoxy) is 2. The van der Waals surface area contributed by atoms with Crippen LogP contribution in [0.5, 0.6) is 5.75 Å². The molecule has 3 rings (SSSR count). The van der Waals surface area contributed by atoms with Crippen LogP contribution in [0.4, 0.5) is 5.82 Å². The molecule has 0 aliphatic heterocycles. The maximum Gasteiger partial charge on any atom is 0.152 e. The Morgan fingerprint density at radius 2 is 2.11 bits per heavy atom. The summed E-state index contributed by atoms with van der Waals surface area (Å²) in [5, 5.41) is 1.03. The lowest BCUT2D eigenvalue weighted by molar-refractivity contribution is 0.126. The van der Waals surface area contributed by atoms with Gasteiger partial charge in [0, 0.05) is 31.1 Å². The van der Waals surface area contributed by atoms with Crippen molar-refractivity contribution in [2.75, 3.05) is 31.7 Å². The highest BCUT2D eigenvalue weighted by Gasteiger charge is 2.17. The maximum atomic E-state index is 6.27. The standard InChI is InChI=1S/C20H29N5O2S/c1-4-6-10-25-17(13-26-5-2)24-18-19(25)15-8-7-14(27-11-9-22-28-3)12-16(15)23-20(18)21/h7-8,12,22H,4-6,9-11,13H2,1-3H3,(H2,21,23). The molecule has 0 saturated carbocycles. The van der Waals surface area contributed by atoms with E-state index in [9.17, 15) is 0 Å². The van der Waals surface area contributed by atoms with Crippen LogP contribution in [0, 0.1) is 0 Å². The second-order valence-electron chi connectivity index (χ2n) is 6.49. The molecule has 0 unspecified atom stereocenters. The van der Waals surface area contributed by atoms with Gasteiger partial charge in [-0.2, -0.15) is 0 Å². The number of imidazole rings is 1. The van der Waals surface area contributed by atoms with Crippen LogP contribution in [0.3, 0.4) is 0 Å². The number of nitrogens with two attached hydrogens (primary N) is 1. The van der Waals surface area contributed by atoms with Crippen LogP contribution < -0.4 is 15.2 Å². The van der Waals surface area contributed by atoms with Crippen LogP contribution in [0.2, 0.25) is 0 Å². The maximum absolute atomic E-state index is 6.27. The van der Waals surface area contributed by atoms with Crippen molar-refractivity contribution < 1.29 is 9.47 Å². The number of aryl methyl sites for hydroxylation is 1. The fraction of sp³-hybridized carbons (Fsp3) is 0.500. The van der Waals surface area contributed by atoms with E-state index < -0.39 is 0 Å². The fourth-order valence-electron chi connectivity index (χ4n) is 3.20. The van der Waals surface area contributed by atoms with Crippen LogP contribution in [0.15, 0.2) is 18.2 Å². The molecule has 152 valence electrons. The van der Waals surface area contributed by atoms with E-state index in [0.29, 0.717) is 25.6 Å². The normalized spacial score (nSPS) is 11.5. The third-order valence-electron chi connectivity index (χ3n) is 4.54. The highest BCUT2D eigenvalue weighted by atomic mass is 32.2. The first-order valence-electron chi connectivity index (χ1n) is 9.74. The number of hydrogen-bond acceptors (Lipinski definition) is 7. The molecule has 0 radical (unpaired) electrons. The van der Waals surface area contributed by atoms with Gasteiger partial charge < -0.3 is 19.8 Å². The van der Waals surface area contributed by atoms with Crippen molar-refractivity contribution in [2.45, 2.75) is 39.8 Å². The summed E-state index contributed by atoms with van der Waals surface area (Å²) in [7, 11) is 0. The zero-order valence-electron chi connectivity index (χ0n) is 16.8. The Bertz CT molecular complexity index is 928. The molecule has 2 heterocycles. The lowest BCUT2D eigenvalue weighted by Crippen LogP contribution is -2.13. The van der Waals surface area contributed by atoms with Gasteiger partial charge in [-0.3, -0.25) is 4.72 Å². The predicted molar refractivity (Wildman–Crippen MR) is 117 cm³/mol. The minimum atomic E-state index is 0.441. The van der Waals surface area contributed by atoms with Gasteiger partial charge in [-0.05, 0) is 31.7 Å². The highest BCUT2D eigenvalue weighted by molar-refractivity contribution is 7.96. The first-order valence-corrected chi connectivity index (χ1v) is 11.0. The van der Waals surface area contributed by atoms with E-state index in [-0.39, 0.29) is 0 Å². The Balaban J connectivity index is 2.03. The lowest BCUT2D eigenvalue weighted by Gasteiger charge is -2.11. The van der Waals surface area contributed by atoms with Crippen LogP contribution in [0.1, 0.15) is 32.5 Å². The van der Waals surface area contributed by atoms with Crippen LogP contribution >= 0.6 is 11.9 Å². The molecule has 0 aliphatic rings. The predicted octanol–water partition coefficient (Wildman–Crippen LogP) is 3.75. The molecule has 3 N–H and O–H groups in total. The lowest BCUT2D eigenvalue weighted by atomic mass is 10.1. The van der Waals surface area contributed by atoms with Gasteiger partial charge in [0.25, 0.3) is 0 Å². The Morgan fingerprint density at radius 3 is 2.86 bits per heavy atom. The van der Waals surface area contributed by atoms with Crippen molar-refractivity contribution in [1.29, 1.82) is 0 Å². The minimum Gasteiger partial charge on any atom is -0.492 e. The van der Waals surface area contributed by atoms with Gasteiger partial charge in [0.05, 0.1) is 11.0 Å². The van der Waals surface area contributed by atoms with Crippen molar-refractivity contribution in [2.24, 2.45) is 0 Å². The Hall–Kier alpha value is -2.03. The Morgan fingerprint density at radius 1 is 1.25 bits per heavy atom. The average molecular weight is 404 g/mol. The largest absolute Gasteiger partial charge is 0.492 e. The summed E-state index contributed by atoms with van der Waals surface area (Å²) in [6.45, 7) is 7.55. The monoisotopic (exact) mass is 403 g/mol. The summed E-state index contributed by atoms with van der Waals surface area (Å²) >= 11 is 1.58. The summed E-state index contributed by atoms with van der Waals surface area (Å²) in [4.78, 5) is 9.34. The topological polar surface area (TPSA) is 87.2 Å². The number of benzene rings is 1. The van der Waals surface area contributed by atoms with Gasteiger partial charge in [-0.15, -0.1) is 0 Å². The number of unbranched alkanes of at least 4 members (excludes halogenated alkanes) is 1. The second kappa shape index (κ2) is 9.95. The van der Waals surface area contributed by atoms with Gasteiger partial charge in [0.2, 0.25) is 0 Å². The fourth-order valence-corrected chi connectivity index (χ4v) is 3.49. The third-order valence-corrected chi connectivity index (χ3v) is 5.04. The second-order valence-corrected chi connectivity index (χ2v) is 7.19. The van der Waals surface area contributed by atoms with E-state index in [1.54, 1.807) is 11.9 Å². The molecular formula is C20H29N5O2S. The molecule has 0 spiro atoms. The van der Waals surface area contributed by atoms with Crippen LogP contribution in [-0.4, -0.2) is 40.5 Å². The first kappa shape index (κ1) is 20.7. The van der Waals surface area contributed by atoms with Crippen molar-refractivity contribution in [1.82, 2.24) is 19.3 Å². The summed E-state index contributed by atoms with van der Waals surface area (Å²) in [6.07, 6.45) is 4.17. The summed E-state index contributed by atoms with van der Waals surface area (Å²) in [5.41, 5.74) is 8.87. The number of nitrogen functional groups attached to an aromatic ring is 1. The van der Waals surface area contributed by atoms with Crippen molar-refractivity contribution in [3.05, 3.63) is 24.0 Å². The molecule has 1 aromatic carbocycles. The molecule has 8 heteroatoms. The Labute approximate surface area is 170 Å². The molecule has 0 atom stereocenters. The SMILES string of the molecule is CCCCn1c(COCC)nc2c(N)nc3cc(OCCNSC)ccc3c21. The molecule has 0 fully saturated rings. The minimum absolute atomic E-state index is 0.441. The zero-order valence-corrected chi connectivity index (χ0v) is 17.6. The number of anilines is 1. The smallest absolute Gasteiger partial charge is 0.152 e. The Kier molecular flexibility index (Phi) is 7.36. The molecule has 0 bridgehead atoms. The molecule has 2 aromatic heterocycles. The van der Waals surface area contributed by atoms with Crippen LogP contribution in [-0.2, 0) is 17.9 Å². The van der Waals surface area contributed by atoms with E-state index in [1.807, 2.05) is 25.3 Å². The number of nitrogens with zero attached hydrogens (tertiary/aromatic N) is 3. The number of nitrogens with one attached hydrogen (secondary N) is 1. The molecule has 7 nitrogen and oxygen atoms in total. The summed E-state index contributed by atoms with van der Waals surface area (Å²) in [5.74, 6) is 2.13. The summed E-state index contributed by atoms with van der Waals surface area (Å²) < 4.78 is 16.9. The molecule has 0 saturated heterocycles. The number of aromatic nitrogens is 3. The van der Waals surface area contributed by atoms with Gasteiger partial charge in [-0.1, -0.05) is 25.3 Å². The van der Waals surface area contributed by atoms with E-state index in [0.717, 1.165) is 59.4 Å². The van der Waals surface area contributed by atoms with E-state index >= 15 is 0 Å². The van der Waals surface area contributed by atoms with Gasteiger partial charge >= 0.3 is 0 Å². The van der Waals surface area contributed by atoms with Gasteiger partial charge in [0.15, 0.2) is 5.82 Å². The molecule has 3 aromatic rings. The average Bonchev–Trinajstić information content (AvgIpc) is 3.07. The first-order chi connectivity index (χ1) is 13.7. The third kappa shape index (κ3) is 4.51. The molecular weight excluding hydrogens is 374 g/mol. The molecule has 0 amide bonds. The van der Waals surface area contributed by atoms with E-state index in [4.69, 9.17) is 20.2 Å². The van der Waals surface area contributed by atoms with Crippen molar-refractivity contribution >= 4 is 39.7 Å². The number of hydrogen-bond donors (Lipinski definition) is 2. The molecule has 28 heavy (non-hydrogen) atoms. The van der Waals surface area contributed by atoms with Crippen molar-refractivity contribution in [3.8, 4) is 5.75 Å². The summed E-state index contributed by atoms with van der Waals surface area (Å²) in [6, 6.07) is 5.98. The number of rotatable bonds is 11. The van der Waals surface area contributed by atoms with E-state index in [1.165, 1.54) is 0 Å². The van der Waals surface area contributed by atoms with E-state index in [2.05, 4.69) is 27.3 Å². The number of pyridine rings is 1. The quantitative estimate of drug-likeness (QED) is 0.372. The van der Waals surface area contributed by atoms with Crippen LogP contribution in [0.25, 0.3) is 21.9 Å². The van der Waals surface area contributed by atoms with Gasteiger partial charge in [-0.25, -0.2) is 9.97 Å².